The predicted octanol–water partition coefficient (Wildman–Crippen LogP) is 2.27. The molecule has 0 radical (unpaired) electrons. The highest BCUT2D eigenvalue weighted by atomic mass is 32.2. The molecule has 114 valence electrons. The van der Waals surface area contributed by atoms with Crippen molar-refractivity contribution in [2.24, 2.45) is 0 Å². The van der Waals surface area contributed by atoms with Crippen LogP contribution in [0.15, 0.2) is 29.3 Å². The van der Waals surface area contributed by atoms with Gasteiger partial charge in [0, 0.05) is 46.4 Å². The Morgan fingerprint density at radius 2 is 2.14 bits per heavy atom. The smallest absolute Gasteiger partial charge is 0.245 e. The number of anilines is 1. The van der Waals surface area contributed by atoms with Gasteiger partial charge in [0.1, 0.15) is 4.90 Å². The van der Waals surface area contributed by atoms with Crippen LogP contribution in [0.4, 0.5) is 5.69 Å². The number of nitrogens with zero attached hydrogens (tertiary/aromatic N) is 1. The van der Waals surface area contributed by atoms with Crippen LogP contribution in [0.1, 0.15) is 13.8 Å². The molecular weight excluding hydrogens is 306 g/mol. The van der Waals surface area contributed by atoms with Gasteiger partial charge in [-0.25, -0.2) is 8.42 Å². The first-order valence-corrected chi connectivity index (χ1v) is 9.23. The molecule has 0 spiro atoms. The van der Waals surface area contributed by atoms with Crippen LogP contribution in [0.3, 0.4) is 0 Å². The molecule has 3 rings (SSSR count). The van der Waals surface area contributed by atoms with E-state index in [4.69, 9.17) is 5.73 Å². The van der Waals surface area contributed by atoms with E-state index >= 15 is 0 Å². The molecule has 3 N–H and O–H groups in total. The normalized spacial score (nSPS) is 19.9. The van der Waals surface area contributed by atoms with Crippen LogP contribution in [0.25, 0.3) is 10.9 Å². The number of nitrogen functional groups attached to an aromatic ring is 1. The Morgan fingerprint density at radius 1 is 1.38 bits per heavy atom. The summed E-state index contributed by atoms with van der Waals surface area (Å²) in [5, 5.41) is 0.658. The Labute approximate surface area is 128 Å². The second kappa shape index (κ2) is 4.93. The van der Waals surface area contributed by atoms with E-state index in [0.29, 0.717) is 29.1 Å². The molecule has 0 atom stereocenters. The van der Waals surface area contributed by atoms with Crippen LogP contribution in [-0.4, -0.2) is 41.3 Å². The number of aromatic amines is 1. The number of aromatic nitrogens is 1. The summed E-state index contributed by atoms with van der Waals surface area (Å²) >= 11 is 1.81. The Morgan fingerprint density at radius 3 is 2.86 bits per heavy atom. The molecule has 0 unspecified atom stereocenters. The van der Waals surface area contributed by atoms with E-state index in [0.717, 1.165) is 11.3 Å². The third-order valence-corrected chi connectivity index (χ3v) is 6.86. The molecular formula is C14H19N3O2S2. The zero-order chi connectivity index (χ0) is 15.3. The van der Waals surface area contributed by atoms with Crippen molar-refractivity contribution in [3.63, 3.8) is 0 Å². The number of benzene rings is 1. The molecule has 1 fully saturated rings. The van der Waals surface area contributed by atoms with E-state index in [2.05, 4.69) is 18.8 Å². The third-order valence-electron chi connectivity index (χ3n) is 3.68. The van der Waals surface area contributed by atoms with Gasteiger partial charge in [-0.3, -0.25) is 0 Å². The van der Waals surface area contributed by atoms with Gasteiger partial charge in [-0.2, -0.15) is 16.1 Å². The standard InChI is InChI=1S/C14H19N3O2S2/c1-14(2)9-17(5-6-20-14)21(18,19)13-8-16-12-4-3-10(15)7-11(12)13/h3-4,7-8,16H,5-6,9,15H2,1-2H3. The van der Waals surface area contributed by atoms with E-state index < -0.39 is 10.0 Å². The van der Waals surface area contributed by atoms with Gasteiger partial charge >= 0.3 is 0 Å². The second-order valence-electron chi connectivity index (χ2n) is 5.90. The molecule has 1 aromatic heterocycles. The van der Waals surface area contributed by atoms with Crippen molar-refractivity contribution in [3.8, 4) is 0 Å². The molecule has 1 saturated heterocycles. The Hall–Kier alpha value is -1.18. The van der Waals surface area contributed by atoms with Crippen LogP contribution in [0, 0.1) is 0 Å². The summed E-state index contributed by atoms with van der Waals surface area (Å²) < 4.78 is 27.4. The minimum Gasteiger partial charge on any atom is -0.399 e. The maximum atomic E-state index is 12.9. The molecule has 5 nitrogen and oxygen atoms in total. The van der Waals surface area contributed by atoms with E-state index in [1.54, 1.807) is 28.7 Å². The maximum absolute atomic E-state index is 12.9. The highest BCUT2D eigenvalue weighted by Gasteiger charge is 2.35. The lowest BCUT2D eigenvalue weighted by atomic mass is 10.2. The second-order valence-corrected chi connectivity index (χ2v) is 9.61. The molecule has 1 aromatic carbocycles. The zero-order valence-corrected chi connectivity index (χ0v) is 13.7. The summed E-state index contributed by atoms with van der Waals surface area (Å²) in [6.07, 6.45) is 1.56. The monoisotopic (exact) mass is 325 g/mol. The van der Waals surface area contributed by atoms with Crippen molar-refractivity contribution < 1.29 is 8.42 Å². The molecule has 2 aromatic rings. The fraction of sp³-hybridized carbons (Fsp3) is 0.429. The van der Waals surface area contributed by atoms with Crippen LogP contribution < -0.4 is 5.73 Å². The molecule has 0 bridgehead atoms. The lowest BCUT2D eigenvalue weighted by Gasteiger charge is -2.36. The Balaban J connectivity index is 2.06. The molecule has 0 amide bonds. The molecule has 1 aliphatic rings. The minimum atomic E-state index is -3.50. The van der Waals surface area contributed by atoms with Crippen LogP contribution in [0.5, 0.6) is 0 Å². The lowest BCUT2D eigenvalue weighted by molar-refractivity contribution is 0.388. The van der Waals surface area contributed by atoms with E-state index in [1.807, 2.05) is 11.8 Å². The molecule has 21 heavy (non-hydrogen) atoms. The predicted molar refractivity (Wildman–Crippen MR) is 88.0 cm³/mol. The third kappa shape index (κ3) is 2.65. The molecule has 0 aliphatic carbocycles. The summed E-state index contributed by atoms with van der Waals surface area (Å²) in [6.45, 7) is 5.22. The Bertz CT molecular complexity index is 781. The largest absolute Gasteiger partial charge is 0.399 e. The van der Waals surface area contributed by atoms with Crippen molar-refractivity contribution in [1.82, 2.24) is 9.29 Å². The molecule has 0 saturated carbocycles. The first-order valence-electron chi connectivity index (χ1n) is 6.80. The van der Waals surface area contributed by atoms with E-state index in [9.17, 15) is 8.42 Å². The number of fused-ring (bicyclic) bond motifs is 1. The van der Waals surface area contributed by atoms with Gasteiger partial charge in [0.2, 0.25) is 10.0 Å². The summed E-state index contributed by atoms with van der Waals surface area (Å²) in [4.78, 5) is 3.33. The molecule has 7 heteroatoms. The Kier molecular flexibility index (Phi) is 3.46. The number of sulfonamides is 1. The first-order chi connectivity index (χ1) is 9.79. The zero-order valence-electron chi connectivity index (χ0n) is 12.1. The first kappa shape index (κ1) is 14.7. The van der Waals surface area contributed by atoms with Crippen molar-refractivity contribution in [3.05, 3.63) is 24.4 Å². The maximum Gasteiger partial charge on any atom is 0.245 e. The number of thioether (sulfide) groups is 1. The van der Waals surface area contributed by atoms with Crippen molar-refractivity contribution in [2.75, 3.05) is 24.6 Å². The summed E-state index contributed by atoms with van der Waals surface area (Å²) in [7, 11) is -3.50. The summed E-state index contributed by atoms with van der Waals surface area (Å²) in [5.41, 5.74) is 7.14. The average molecular weight is 325 g/mol. The highest BCUT2D eigenvalue weighted by Crippen LogP contribution is 2.34. The number of rotatable bonds is 2. The summed E-state index contributed by atoms with van der Waals surface area (Å²) in [6, 6.07) is 5.28. The number of hydrogen-bond donors (Lipinski definition) is 2. The highest BCUT2D eigenvalue weighted by molar-refractivity contribution is 8.00. The van der Waals surface area contributed by atoms with Gasteiger partial charge in [0.15, 0.2) is 0 Å². The van der Waals surface area contributed by atoms with E-state index in [1.165, 1.54) is 0 Å². The minimum absolute atomic E-state index is 0.0591. The van der Waals surface area contributed by atoms with Gasteiger partial charge in [-0.15, -0.1) is 0 Å². The van der Waals surface area contributed by atoms with Crippen molar-refractivity contribution in [1.29, 1.82) is 0 Å². The van der Waals surface area contributed by atoms with Crippen LogP contribution in [-0.2, 0) is 10.0 Å². The molecule has 2 heterocycles. The lowest BCUT2D eigenvalue weighted by Crippen LogP contribution is -2.46. The number of hydrogen-bond acceptors (Lipinski definition) is 4. The van der Waals surface area contributed by atoms with Crippen molar-refractivity contribution >= 4 is 38.4 Å². The topological polar surface area (TPSA) is 79.2 Å². The SMILES string of the molecule is CC1(C)CN(S(=O)(=O)c2c[nH]c3ccc(N)cc23)CCS1. The van der Waals surface area contributed by atoms with Gasteiger partial charge < -0.3 is 10.7 Å². The summed E-state index contributed by atoms with van der Waals surface area (Å²) in [5.74, 6) is 0.816. The van der Waals surface area contributed by atoms with Crippen LogP contribution >= 0.6 is 11.8 Å². The van der Waals surface area contributed by atoms with Gasteiger partial charge in [-0.05, 0) is 32.0 Å². The fourth-order valence-electron chi connectivity index (χ4n) is 2.64. The van der Waals surface area contributed by atoms with Crippen molar-refractivity contribution in [2.45, 2.75) is 23.5 Å². The van der Waals surface area contributed by atoms with E-state index in [-0.39, 0.29) is 4.75 Å². The van der Waals surface area contributed by atoms with Gasteiger partial charge in [-0.1, -0.05) is 0 Å². The van der Waals surface area contributed by atoms with Gasteiger partial charge in [0.25, 0.3) is 0 Å². The fourth-order valence-corrected chi connectivity index (χ4v) is 5.71. The van der Waals surface area contributed by atoms with Crippen LogP contribution in [0.2, 0.25) is 0 Å². The van der Waals surface area contributed by atoms with Gasteiger partial charge in [0.05, 0.1) is 0 Å². The number of nitrogens with two attached hydrogens (primary N) is 1. The average Bonchev–Trinajstić information content (AvgIpc) is 2.81. The molecule has 1 aliphatic heterocycles. The number of nitrogens with one attached hydrogen (secondary N) is 1. The quantitative estimate of drug-likeness (QED) is 0.830. The number of H-pyrrole nitrogens is 1.